The van der Waals surface area contributed by atoms with Crippen molar-refractivity contribution in [3.8, 4) is 0 Å². The summed E-state index contributed by atoms with van der Waals surface area (Å²) in [5.74, 6) is -0.217. The fourth-order valence-electron chi connectivity index (χ4n) is 2.96. The minimum absolute atomic E-state index is 0.217. The fourth-order valence-corrected chi connectivity index (χ4v) is 2.96. The Labute approximate surface area is 121 Å². The number of carbonyl (C=O) groups excluding carboxylic acids is 1. The second kappa shape index (κ2) is 6.86. The van der Waals surface area contributed by atoms with Gasteiger partial charge in [-0.1, -0.05) is 30.3 Å². The topological polar surface area (TPSA) is 41.6 Å². The number of ether oxygens (including phenoxy) is 1. The van der Waals surface area contributed by atoms with Gasteiger partial charge < -0.3 is 15.0 Å². The lowest BCUT2D eigenvalue weighted by Crippen LogP contribution is -2.50. The highest BCUT2D eigenvalue weighted by Gasteiger charge is 2.40. The van der Waals surface area contributed by atoms with Crippen LogP contribution in [0.5, 0.6) is 0 Å². The molecule has 1 atom stereocenters. The number of carbonyl (C=O) groups is 1. The first-order valence-corrected chi connectivity index (χ1v) is 7.28. The molecule has 1 aromatic rings. The number of likely N-dealkylation sites (tertiary alicyclic amines) is 1. The van der Waals surface area contributed by atoms with Crippen LogP contribution in [-0.4, -0.2) is 44.7 Å². The van der Waals surface area contributed by atoms with Gasteiger partial charge in [0.1, 0.15) is 5.54 Å². The van der Waals surface area contributed by atoms with Gasteiger partial charge in [-0.05, 0) is 45.0 Å². The van der Waals surface area contributed by atoms with Crippen LogP contribution in [-0.2, 0) is 15.1 Å². The van der Waals surface area contributed by atoms with Crippen LogP contribution in [0.4, 0.5) is 0 Å². The monoisotopic (exact) mass is 276 g/mol. The summed E-state index contributed by atoms with van der Waals surface area (Å²) in [5.41, 5.74) is 0.215. The van der Waals surface area contributed by atoms with Crippen molar-refractivity contribution < 1.29 is 9.53 Å². The van der Waals surface area contributed by atoms with Gasteiger partial charge in [0.25, 0.3) is 0 Å². The highest BCUT2D eigenvalue weighted by molar-refractivity contribution is 5.82. The zero-order chi connectivity index (χ0) is 14.4. The number of likely N-dealkylation sites (N-methyl/N-ethyl adjacent to an activating group) is 1. The fraction of sp³-hybridized carbons (Fsp3) is 0.562. The lowest BCUT2D eigenvalue weighted by Gasteiger charge is -2.32. The molecule has 1 aliphatic heterocycles. The second-order valence-electron chi connectivity index (χ2n) is 5.31. The SMILES string of the molecule is CNC(CCN1CCCC1)(C(=O)OC)c1ccccc1. The first kappa shape index (κ1) is 15.0. The van der Waals surface area contributed by atoms with E-state index in [2.05, 4.69) is 10.2 Å². The van der Waals surface area contributed by atoms with Crippen molar-refractivity contribution in [3.63, 3.8) is 0 Å². The number of esters is 1. The van der Waals surface area contributed by atoms with Crippen molar-refractivity contribution in [1.29, 1.82) is 0 Å². The van der Waals surface area contributed by atoms with E-state index in [0.29, 0.717) is 0 Å². The second-order valence-corrected chi connectivity index (χ2v) is 5.31. The zero-order valence-corrected chi connectivity index (χ0v) is 12.4. The first-order chi connectivity index (χ1) is 9.73. The van der Waals surface area contributed by atoms with Crippen molar-refractivity contribution in [2.24, 2.45) is 0 Å². The molecule has 0 radical (unpaired) electrons. The molecule has 1 aromatic carbocycles. The van der Waals surface area contributed by atoms with E-state index >= 15 is 0 Å². The lowest BCUT2D eigenvalue weighted by atomic mass is 9.86. The summed E-state index contributed by atoms with van der Waals surface area (Å²) < 4.78 is 5.06. The van der Waals surface area contributed by atoms with Crippen LogP contribution in [0.15, 0.2) is 30.3 Å². The van der Waals surface area contributed by atoms with Crippen molar-refractivity contribution in [1.82, 2.24) is 10.2 Å². The van der Waals surface area contributed by atoms with E-state index in [1.807, 2.05) is 37.4 Å². The highest BCUT2D eigenvalue weighted by Crippen LogP contribution is 2.27. The summed E-state index contributed by atoms with van der Waals surface area (Å²) in [6.07, 6.45) is 3.24. The van der Waals surface area contributed by atoms with Crippen LogP contribution in [0.2, 0.25) is 0 Å². The van der Waals surface area contributed by atoms with Gasteiger partial charge in [-0.15, -0.1) is 0 Å². The zero-order valence-electron chi connectivity index (χ0n) is 12.4. The number of methoxy groups -OCH3 is 1. The third-order valence-corrected chi connectivity index (χ3v) is 4.23. The molecule has 20 heavy (non-hydrogen) atoms. The van der Waals surface area contributed by atoms with Gasteiger partial charge >= 0.3 is 5.97 Å². The maximum atomic E-state index is 12.4. The summed E-state index contributed by atoms with van der Waals surface area (Å²) in [6, 6.07) is 9.84. The maximum absolute atomic E-state index is 12.4. The normalized spacial score (nSPS) is 18.7. The predicted molar refractivity (Wildman–Crippen MR) is 79.5 cm³/mol. The van der Waals surface area contributed by atoms with Gasteiger partial charge in [0.2, 0.25) is 0 Å². The van der Waals surface area contributed by atoms with E-state index in [1.54, 1.807) is 0 Å². The molecular weight excluding hydrogens is 252 g/mol. The molecule has 0 aliphatic carbocycles. The van der Waals surface area contributed by atoms with Gasteiger partial charge in [-0.2, -0.15) is 0 Å². The summed E-state index contributed by atoms with van der Waals surface area (Å²) in [6.45, 7) is 3.18. The third kappa shape index (κ3) is 3.02. The van der Waals surface area contributed by atoms with Crippen LogP contribution in [0.1, 0.15) is 24.8 Å². The molecule has 1 N–H and O–H groups in total. The standard InChI is InChI=1S/C16H24N2O2/c1-17-16(15(19)20-2,14-8-4-3-5-9-14)10-13-18-11-6-7-12-18/h3-5,8-9,17H,6-7,10-13H2,1-2H3. The third-order valence-electron chi connectivity index (χ3n) is 4.23. The molecule has 0 bridgehead atoms. The van der Waals surface area contributed by atoms with Crippen LogP contribution in [0, 0.1) is 0 Å². The van der Waals surface area contributed by atoms with Crippen LogP contribution in [0.3, 0.4) is 0 Å². The molecule has 1 aliphatic rings. The first-order valence-electron chi connectivity index (χ1n) is 7.28. The molecule has 0 saturated carbocycles. The average Bonchev–Trinajstić information content (AvgIpc) is 3.02. The van der Waals surface area contributed by atoms with Crippen LogP contribution >= 0.6 is 0 Å². The average molecular weight is 276 g/mol. The van der Waals surface area contributed by atoms with Gasteiger partial charge in [-0.3, -0.25) is 0 Å². The van der Waals surface area contributed by atoms with Gasteiger partial charge in [0, 0.05) is 6.54 Å². The van der Waals surface area contributed by atoms with E-state index < -0.39 is 5.54 Å². The Bertz CT molecular complexity index is 429. The number of benzene rings is 1. The smallest absolute Gasteiger partial charge is 0.330 e. The van der Waals surface area contributed by atoms with Gasteiger partial charge in [0.15, 0.2) is 0 Å². The number of nitrogens with zero attached hydrogens (tertiary/aromatic N) is 1. The molecule has 1 fully saturated rings. The van der Waals surface area contributed by atoms with Crippen molar-refractivity contribution in [3.05, 3.63) is 35.9 Å². The Morgan fingerprint density at radius 1 is 1.30 bits per heavy atom. The summed E-state index contributed by atoms with van der Waals surface area (Å²) in [4.78, 5) is 14.8. The molecule has 4 heteroatoms. The maximum Gasteiger partial charge on any atom is 0.330 e. The van der Waals surface area contributed by atoms with Gasteiger partial charge in [0.05, 0.1) is 7.11 Å². The van der Waals surface area contributed by atoms with E-state index in [9.17, 15) is 4.79 Å². The van der Waals surface area contributed by atoms with Crippen LogP contribution in [0.25, 0.3) is 0 Å². The molecule has 1 unspecified atom stereocenters. The molecule has 0 amide bonds. The van der Waals surface area contributed by atoms with E-state index in [4.69, 9.17) is 4.74 Å². The number of hydrogen-bond acceptors (Lipinski definition) is 4. The van der Waals surface area contributed by atoms with Crippen molar-refractivity contribution >= 4 is 5.97 Å². The van der Waals surface area contributed by atoms with E-state index in [-0.39, 0.29) is 5.97 Å². The minimum atomic E-state index is -0.751. The van der Waals surface area contributed by atoms with Crippen molar-refractivity contribution in [2.45, 2.75) is 24.8 Å². The highest BCUT2D eigenvalue weighted by atomic mass is 16.5. The molecule has 4 nitrogen and oxygen atoms in total. The molecule has 110 valence electrons. The molecular formula is C16H24N2O2. The predicted octanol–water partition coefficient (Wildman–Crippen LogP) is 1.76. The molecule has 0 spiro atoms. The number of nitrogens with one attached hydrogen (secondary N) is 1. The quantitative estimate of drug-likeness (QED) is 0.804. The number of rotatable bonds is 6. The molecule has 0 aromatic heterocycles. The minimum Gasteiger partial charge on any atom is -0.467 e. The molecule has 1 heterocycles. The summed E-state index contributed by atoms with van der Waals surface area (Å²) >= 11 is 0. The molecule has 1 saturated heterocycles. The Kier molecular flexibility index (Phi) is 5.15. The largest absolute Gasteiger partial charge is 0.467 e. The molecule has 2 rings (SSSR count). The van der Waals surface area contributed by atoms with E-state index in [0.717, 1.165) is 31.6 Å². The number of hydrogen-bond donors (Lipinski definition) is 1. The Morgan fingerprint density at radius 3 is 2.50 bits per heavy atom. The van der Waals surface area contributed by atoms with Gasteiger partial charge in [-0.25, -0.2) is 4.79 Å². The lowest BCUT2D eigenvalue weighted by molar-refractivity contribution is -0.149. The van der Waals surface area contributed by atoms with E-state index in [1.165, 1.54) is 20.0 Å². The summed E-state index contributed by atoms with van der Waals surface area (Å²) in [5, 5.41) is 3.21. The van der Waals surface area contributed by atoms with Crippen molar-refractivity contribution in [2.75, 3.05) is 33.8 Å². The van der Waals surface area contributed by atoms with Crippen LogP contribution < -0.4 is 5.32 Å². The Morgan fingerprint density at radius 2 is 1.95 bits per heavy atom. The Hall–Kier alpha value is -1.39. The summed E-state index contributed by atoms with van der Waals surface area (Å²) in [7, 11) is 3.28. The Balaban J connectivity index is 2.20.